The Bertz CT molecular complexity index is 310. The maximum atomic E-state index is 12.3. The van der Waals surface area contributed by atoms with Crippen LogP contribution in [0.3, 0.4) is 0 Å². The lowest BCUT2D eigenvalue weighted by molar-refractivity contribution is -0.170. The van der Waals surface area contributed by atoms with Gasteiger partial charge in [-0.15, -0.1) is 0 Å². The van der Waals surface area contributed by atoms with Crippen molar-refractivity contribution in [2.45, 2.75) is 77.2 Å². The number of rotatable bonds is 2. The molecule has 0 aromatic carbocycles. The molecule has 1 heterocycles. The maximum Gasteiger partial charge on any atom is 0.313 e. The fourth-order valence-electron chi connectivity index (χ4n) is 3.17. The molecule has 2 aliphatic rings. The van der Waals surface area contributed by atoms with Crippen LogP contribution in [0, 0.1) is 5.41 Å². The third-order valence-electron chi connectivity index (χ3n) is 4.42. The Labute approximate surface area is 109 Å². The molecular formula is C14H25NO3. The summed E-state index contributed by atoms with van der Waals surface area (Å²) in [4.78, 5) is 12.3. The van der Waals surface area contributed by atoms with Crippen molar-refractivity contribution in [3.8, 4) is 0 Å². The van der Waals surface area contributed by atoms with Crippen molar-refractivity contribution in [1.82, 2.24) is 0 Å². The predicted octanol–water partition coefficient (Wildman–Crippen LogP) is 2.00. The smallest absolute Gasteiger partial charge is 0.313 e. The van der Waals surface area contributed by atoms with Crippen molar-refractivity contribution in [2.75, 3.05) is 0 Å². The van der Waals surface area contributed by atoms with E-state index in [9.17, 15) is 4.79 Å². The van der Waals surface area contributed by atoms with Gasteiger partial charge in [0, 0.05) is 18.9 Å². The molecule has 2 N–H and O–H groups in total. The summed E-state index contributed by atoms with van der Waals surface area (Å²) in [6.45, 7) is 6.00. The van der Waals surface area contributed by atoms with Gasteiger partial charge in [-0.3, -0.25) is 4.79 Å². The van der Waals surface area contributed by atoms with Gasteiger partial charge < -0.3 is 15.2 Å². The Morgan fingerprint density at radius 2 is 1.94 bits per heavy atom. The van der Waals surface area contributed by atoms with E-state index in [-0.39, 0.29) is 30.3 Å². The van der Waals surface area contributed by atoms with E-state index < -0.39 is 5.41 Å². The van der Waals surface area contributed by atoms with Crippen LogP contribution >= 0.6 is 0 Å². The minimum Gasteiger partial charge on any atom is -0.462 e. The highest BCUT2D eigenvalue weighted by atomic mass is 16.6. The van der Waals surface area contributed by atoms with Gasteiger partial charge in [-0.25, -0.2) is 0 Å². The molecule has 1 saturated carbocycles. The SMILES string of the molecule is CC1CC(OC(=O)C2(C)CCCC2N)CC(C)O1. The summed E-state index contributed by atoms with van der Waals surface area (Å²) in [7, 11) is 0. The lowest BCUT2D eigenvalue weighted by atomic mass is 9.85. The van der Waals surface area contributed by atoms with Gasteiger partial charge in [0.05, 0.1) is 17.6 Å². The Kier molecular flexibility index (Phi) is 3.97. The van der Waals surface area contributed by atoms with Gasteiger partial charge in [-0.1, -0.05) is 6.42 Å². The standard InChI is InChI=1S/C14H25NO3/c1-9-7-11(8-10(2)17-9)18-13(16)14(3)6-4-5-12(14)15/h9-12H,4-8,15H2,1-3H3. The van der Waals surface area contributed by atoms with Crippen LogP contribution < -0.4 is 5.73 Å². The fourth-order valence-corrected chi connectivity index (χ4v) is 3.17. The summed E-state index contributed by atoms with van der Waals surface area (Å²) in [5.74, 6) is -0.112. The van der Waals surface area contributed by atoms with E-state index in [2.05, 4.69) is 0 Å². The lowest BCUT2D eigenvalue weighted by Gasteiger charge is -2.34. The van der Waals surface area contributed by atoms with E-state index in [1.165, 1.54) is 0 Å². The Balaban J connectivity index is 1.94. The van der Waals surface area contributed by atoms with Gasteiger partial charge in [0.25, 0.3) is 0 Å². The van der Waals surface area contributed by atoms with E-state index in [4.69, 9.17) is 15.2 Å². The number of ether oxygens (including phenoxy) is 2. The molecule has 0 aromatic rings. The zero-order valence-electron chi connectivity index (χ0n) is 11.6. The molecule has 1 saturated heterocycles. The first-order valence-corrected chi connectivity index (χ1v) is 7.04. The Hall–Kier alpha value is -0.610. The number of nitrogens with two attached hydrogens (primary N) is 1. The predicted molar refractivity (Wildman–Crippen MR) is 69.1 cm³/mol. The molecule has 2 fully saturated rings. The third kappa shape index (κ3) is 2.69. The summed E-state index contributed by atoms with van der Waals surface area (Å²) < 4.78 is 11.3. The molecule has 1 aliphatic carbocycles. The largest absolute Gasteiger partial charge is 0.462 e. The number of esters is 1. The first kappa shape index (κ1) is 13.8. The zero-order chi connectivity index (χ0) is 13.3. The first-order valence-electron chi connectivity index (χ1n) is 7.04. The Morgan fingerprint density at radius 3 is 2.44 bits per heavy atom. The quantitative estimate of drug-likeness (QED) is 0.767. The normalized spacial score (nSPS) is 44.9. The van der Waals surface area contributed by atoms with E-state index in [1.807, 2.05) is 20.8 Å². The minimum atomic E-state index is -0.481. The van der Waals surface area contributed by atoms with Gasteiger partial charge in [0.15, 0.2) is 0 Å². The summed E-state index contributed by atoms with van der Waals surface area (Å²) >= 11 is 0. The lowest BCUT2D eigenvalue weighted by Crippen LogP contribution is -2.45. The molecule has 0 spiro atoms. The van der Waals surface area contributed by atoms with E-state index in [1.54, 1.807) is 0 Å². The molecule has 0 bridgehead atoms. The van der Waals surface area contributed by atoms with Crippen LogP contribution in [0.2, 0.25) is 0 Å². The molecule has 4 atom stereocenters. The van der Waals surface area contributed by atoms with Crippen LogP contribution in [0.5, 0.6) is 0 Å². The van der Waals surface area contributed by atoms with Crippen molar-refractivity contribution in [2.24, 2.45) is 11.1 Å². The summed E-state index contributed by atoms with van der Waals surface area (Å²) in [6.07, 6.45) is 4.69. The second kappa shape index (κ2) is 5.17. The number of hydrogen-bond donors (Lipinski definition) is 1. The molecule has 0 radical (unpaired) electrons. The molecule has 1 aliphatic heterocycles. The van der Waals surface area contributed by atoms with Gasteiger partial charge in [-0.2, -0.15) is 0 Å². The fraction of sp³-hybridized carbons (Fsp3) is 0.929. The van der Waals surface area contributed by atoms with Crippen LogP contribution in [0.1, 0.15) is 52.9 Å². The molecule has 18 heavy (non-hydrogen) atoms. The average molecular weight is 255 g/mol. The van der Waals surface area contributed by atoms with E-state index >= 15 is 0 Å². The first-order chi connectivity index (χ1) is 8.41. The third-order valence-corrected chi connectivity index (χ3v) is 4.42. The summed E-state index contributed by atoms with van der Waals surface area (Å²) in [5.41, 5.74) is 5.57. The monoisotopic (exact) mass is 255 g/mol. The zero-order valence-corrected chi connectivity index (χ0v) is 11.6. The van der Waals surface area contributed by atoms with Crippen molar-refractivity contribution in [1.29, 1.82) is 0 Å². The second-order valence-electron chi connectivity index (χ2n) is 6.17. The van der Waals surface area contributed by atoms with E-state index in [0.717, 1.165) is 32.1 Å². The van der Waals surface area contributed by atoms with Gasteiger partial charge in [0.1, 0.15) is 6.10 Å². The van der Waals surface area contributed by atoms with Crippen LogP contribution in [0.15, 0.2) is 0 Å². The van der Waals surface area contributed by atoms with Gasteiger partial charge in [-0.05, 0) is 33.6 Å². The van der Waals surface area contributed by atoms with Gasteiger partial charge in [0.2, 0.25) is 0 Å². The Morgan fingerprint density at radius 1 is 1.33 bits per heavy atom. The molecule has 4 heteroatoms. The van der Waals surface area contributed by atoms with Crippen LogP contribution in [0.4, 0.5) is 0 Å². The molecule has 4 nitrogen and oxygen atoms in total. The highest BCUT2D eigenvalue weighted by Gasteiger charge is 2.45. The number of carbonyl (C=O) groups excluding carboxylic acids is 1. The molecular weight excluding hydrogens is 230 g/mol. The molecule has 0 amide bonds. The van der Waals surface area contributed by atoms with E-state index in [0.29, 0.717) is 0 Å². The number of hydrogen-bond acceptors (Lipinski definition) is 4. The van der Waals surface area contributed by atoms with Crippen LogP contribution in [-0.4, -0.2) is 30.3 Å². The molecule has 0 aromatic heterocycles. The maximum absolute atomic E-state index is 12.3. The summed E-state index contributed by atoms with van der Waals surface area (Å²) in [5, 5.41) is 0. The van der Waals surface area contributed by atoms with Crippen molar-refractivity contribution >= 4 is 5.97 Å². The second-order valence-corrected chi connectivity index (χ2v) is 6.17. The summed E-state index contributed by atoms with van der Waals surface area (Å²) in [6, 6.07) is -0.0558. The highest BCUT2D eigenvalue weighted by Crippen LogP contribution is 2.38. The van der Waals surface area contributed by atoms with Gasteiger partial charge >= 0.3 is 5.97 Å². The highest BCUT2D eigenvalue weighted by molar-refractivity contribution is 5.78. The topological polar surface area (TPSA) is 61.5 Å². The van der Waals surface area contributed by atoms with Crippen molar-refractivity contribution in [3.05, 3.63) is 0 Å². The molecule has 2 rings (SSSR count). The van der Waals surface area contributed by atoms with Crippen LogP contribution in [0.25, 0.3) is 0 Å². The van der Waals surface area contributed by atoms with Crippen molar-refractivity contribution < 1.29 is 14.3 Å². The van der Waals surface area contributed by atoms with Crippen molar-refractivity contribution in [3.63, 3.8) is 0 Å². The average Bonchev–Trinajstić information content (AvgIpc) is 2.59. The van der Waals surface area contributed by atoms with Crippen LogP contribution in [-0.2, 0) is 14.3 Å². The molecule has 4 unspecified atom stereocenters. The molecule has 104 valence electrons. The minimum absolute atomic E-state index is 0.0131. The number of carbonyl (C=O) groups is 1.